The molecule has 0 spiro atoms. The van der Waals surface area contributed by atoms with Crippen LogP contribution in [0.2, 0.25) is 0 Å². The highest BCUT2D eigenvalue weighted by Crippen LogP contribution is 2.51. The molecule has 0 bridgehead atoms. The van der Waals surface area contributed by atoms with Gasteiger partial charge in [-0.1, -0.05) is 24.3 Å². The largest absolute Gasteiger partial charge is 0.355 e. The highest BCUT2D eigenvalue weighted by atomic mass is 15.0. The second-order valence-electron chi connectivity index (χ2n) is 16.0. The van der Waals surface area contributed by atoms with E-state index in [-0.39, 0.29) is 0 Å². The van der Waals surface area contributed by atoms with Gasteiger partial charge in [0.05, 0.1) is 22.2 Å². The minimum absolute atomic E-state index is 0.347. The van der Waals surface area contributed by atoms with Crippen molar-refractivity contribution in [3.8, 4) is 28.1 Å². The Morgan fingerprint density at radius 1 is 0.673 bits per heavy atom. The van der Waals surface area contributed by atoms with Gasteiger partial charge >= 0.3 is 0 Å². The van der Waals surface area contributed by atoms with Gasteiger partial charge in [-0.3, -0.25) is 4.98 Å². The molecule has 0 aliphatic heterocycles. The Morgan fingerprint density at radius 2 is 1.45 bits per heavy atom. The number of aryl methyl sites for hydroxylation is 5. The number of pyridine rings is 3. The van der Waals surface area contributed by atoms with E-state index in [2.05, 4.69) is 158 Å². The first kappa shape index (κ1) is 29.8. The fraction of sp³-hybridized carbons (Fsp3) is 0.140. The van der Waals surface area contributed by atoms with Gasteiger partial charge in [0.25, 0.3) is 0 Å². The van der Waals surface area contributed by atoms with Gasteiger partial charge in [0, 0.05) is 74.5 Å². The molecule has 1 unspecified atom stereocenters. The van der Waals surface area contributed by atoms with E-state index in [1.54, 1.807) is 0 Å². The van der Waals surface area contributed by atoms with Crippen molar-refractivity contribution in [3.05, 3.63) is 173 Å². The third-order valence-electron chi connectivity index (χ3n) is 13.1. The Hall–Kier alpha value is -6.59. The first-order chi connectivity index (χ1) is 27.2. The van der Waals surface area contributed by atoms with Gasteiger partial charge in [-0.2, -0.15) is 0 Å². The Bertz CT molecular complexity index is 3320. The van der Waals surface area contributed by atoms with E-state index in [4.69, 9.17) is 0 Å². The summed E-state index contributed by atoms with van der Waals surface area (Å²) in [6.45, 7) is 2.10. The molecule has 55 heavy (non-hydrogen) atoms. The summed E-state index contributed by atoms with van der Waals surface area (Å²) in [4.78, 5) is 8.58. The second-order valence-corrected chi connectivity index (χ2v) is 16.0. The molecular weight excluding hydrogens is 671 g/mol. The number of hydrogen-bond donors (Lipinski definition) is 1. The summed E-state index contributed by atoms with van der Waals surface area (Å²) in [7, 11) is 0. The van der Waals surface area contributed by atoms with Crippen LogP contribution < -0.4 is 0 Å². The number of nitrogens with one attached hydrogen (secondary N) is 1. The number of rotatable bonds is 3. The van der Waals surface area contributed by atoms with Gasteiger partial charge in [-0.15, -0.1) is 0 Å². The molecule has 1 atom stereocenters. The summed E-state index contributed by atoms with van der Waals surface area (Å²) in [6, 6.07) is 38.5. The van der Waals surface area contributed by atoms with Gasteiger partial charge in [-0.25, -0.2) is 0 Å². The van der Waals surface area contributed by atoms with Gasteiger partial charge < -0.3 is 18.4 Å². The third-order valence-corrected chi connectivity index (χ3v) is 13.1. The number of nitrogens with zero attached hydrogens (tertiary/aromatic N) is 4. The lowest BCUT2D eigenvalue weighted by Crippen LogP contribution is -2.16. The molecule has 262 valence electrons. The predicted molar refractivity (Wildman–Crippen MR) is 225 cm³/mol. The number of benzene rings is 3. The number of hydrogen-bond acceptors (Lipinski definition) is 1. The summed E-state index contributed by atoms with van der Waals surface area (Å²) >= 11 is 0. The number of allylic oxidation sites excluding steroid dienone is 1. The van der Waals surface area contributed by atoms with Crippen molar-refractivity contribution in [3.63, 3.8) is 0 Å². The SMILES string of the molecule is Cc1cc(-n2c3ccc(-c4ccc5ccccn45)cc3c3cc4c5c(c32)CCc2cc3c6c([nH]c3c(c2-5)CC4)C=CC(c2ccc3ccccn23)C6)ccn1. The predicted octanol–water partition coefficient (Wildman–Crippen LogP) is 11.4. The van der Waals surface area contributed by atoms with Crippen molar-refractivity contribution >= 4 is 49.8 Å². The van der Waals surface area contributed by atoms with E-state index in [1.807, 2.05) is 6.20 Å². The van der Waals surface area contributed by atoms with Crippen molar-refractivity contribution in [1.29, 1.82) is 0 Å². The highest BCUT2D eigenvalue weighted by Gasteiger charge is 2.33. The topological polar surface area (TPSA) is 42.4 Å². The van der Waals surface area contributed by atoms with Crippen molar-refractivity contribution in [2.75, 3.05) is 0 Å². The molecule has 0 radical (unpaired) electrons. The maximum Gasteiger partial charge on any atom is 0.0579 e. The zero-order valence-corrected chi connectivity index (χ0v) is 30.6. The molecule has 7 heterocycles. The van der Waals surface area contributed by atoms with Crippen LogP contribution in [0.25, 0.3) is 77.9 Å². The maximum atomic E-state index is 4.60. The van der Waals surface area contributed by atoms with E-state index < -0.39 is 0 Å². The van der Waals surface area contributed by atoms with Crippen molar-refractivity contribution in [2.24, 2.45) is 0 Å². The van der Waals surface area contributed by atoms with E-state index in [1.165, 1.54) is 111 Å². The Kier molecular flexibility index (Phi) is 5.83. The maximum absolute atomic E-state index is 4.60. The van der Waals surface area contributed by atoms with Crippen LogP contribution >= 0.6 is 0 Å². The molecule has 0 saturated carbocycles. The van der Waals surface area contributed by atoms with Crippen LogP contribution in [0.15, 0.2) is 128 Å². The van der Waals surface area contributed by atoms with Crippen LogP contribution in [0.3, 0.4) is 0 Å². The first-order valence-corrected chi connectivity index (χ1v) is 19.7. The minimum atomic E-state index is 0.347. The fourth-order valence-corrected chi connectivity index (χ4v) is 10.7. The fourth-order valence-electron chi connectivity index (χ4n) is 10.7. The average molecular weight is 708 g/mol. The van der Waals surface area contributed by atoms with E-state index >= 15 is 0 Å². The van der Waals surface area contributed by atoms with E-state index in [0.29, 0.717) is 5.92 Å². The molecule has 0 fully saturated rings. The quantitative estimate of drug-likeness (QED) is 0.195. The normalized spacial score (nSPS) is 15.8. The van der Waals surface area contributed by atoms with Crippen LogP contribution in [-0.2, 0) is 32.1 Å². The first-order valence-electron chi connectivity index (χ1n) is 19.7. The molecule has 13 rings (SSSR count). The van der Waals surface area contributed by atoms with Gasteiger partial charge in [0.15, 0.2) is 0 Å². The molecule has 1 N–H and O–H groups in total. The van der Waals surface area contributed by atoms with Crippen LogP contribution in [-0.4, -0.2) is 23.3 Å². The van der Waals surface area contributed by atoms with Gasteiger partial charge in [-0.05, 0) is 175 Å². The van der Waals surface area contributed by atoms with Crippen LogP contribution in [0, 0.1) is 6.92 Å². The van der Waals surface area contributed by atoms with E-state index in [0.717, 1.165) is 37.8 Å². The molecule has 5 heteroatoms. The number of fused-ring (bicyclic) bond motifs is 10. The zero-order chi connectivity index (χ0) is 35.9. The van der Waals surface area contributed by atoms with Crippen molar-refractivity contribution in [1.82, 2.24) is 23.3 Å². The van der Waals surface area contributed by atoms with Gasteiger partial charge in [0.1, 0.15) is 0 Å². The second kappa shape index (κ2) is 10.8. The average Bonchev–Trinajstić information content (AvgIpc) is 4.01. The van der Waals surface area contributed by atoms with Crippen LogP contribution in [0.5, 0.6) is 0 Å². The standard InChI is InChI=1S/C50H37N5/c1-29-24-36(20-21-51-29)55-46-17-11-31(45-19-13-35-7-3-5-23-54(35)45)26-40(46)42-28-33-8-14-37-47-32(9-15-38(48(33)47)50(42)55)27-41-39-25-30(10-16-43(39)52-49(37)41)44-18-12-34-6-2-4-22-53(34)44/h2-7,10-13,16-24,26-28,30,52H,8-9,14-15,25H2,1H3. The summed E-state index contributed by atoms with van der Waals surface area (Å²) in [5.41, 5.74) is 24.2. The summed E-state index contributed by atoms with van der Waals surface area (Å²) in [6.07, 6.45) is 16.3. The number of aromatic amines is 1. The molecule has 0 saturated heterocycles. The lowest BCUT2D eigenvalue weighted by atomic mass is 9.73. The lowest BCUT2D eigenvalue weighted by Gasteiger charge is -2.31. The van der Waals surface area contributed by atoms with Crippen molar-refractivity contribution < 1.29 is 0 Å². The lowest BCUT2D eigenvalue weighted by molar-refractivity contribution is 0.786. The summed E-state index contributed by atoms with van der Waals surface area (Å²) in [5, 5.41) is 4.10. The summed E-state index contributed by atoms with van der Waals surface area (Å²) in [5.74, 6) is 0.347. The molecule has 10 aromatic rings. The van der Waals surface area contributed by atoms with Crippen molar-refractivity contribution in [2.45, 2.75) is 44.9 Å². The molecular formula is C50H37N5. The molecule has 3 aromatic carbocycles. The highest BCUT2D eigenvalue weighted by molar-refractivity contribution is 6.14. The monoisotopic (exact) mass is 707 g/mol. The molecule has 0 amide bonds. The Balaban J connectivity index is 1.02. The Labute approximate surface area is 317 Å². The number of H-pyrrole nitrogens is 1. The molecule has 5 nitrogen and oxygen atoms in total. The van der Waals surface area contributed by atoms with Crippen LogP contribution in [0.4, 0.5) is 0 Å². The zero-order valence-electron chi connectivity index (χ0n) is 30.6. The smallest absolute Gasteiger partial charge is 0.0579 e. The summed E-state index contributed by atoms with van der Waals surface area (Å²) < 4.78 is 7.19. The molecule has 3 aliphatic rings. The minimum Gasteiger partial charge on any atom is -0.355 e. The van der Waals surface area contributed by atoms with E-state index in [9.17, 15) is 0 Å². The molecule has 3 aliphatic carbocycles. The Morgan fingerprint density at radius 3 is 2.33 bits per heavy atom. The van der Waals surface area contributed by atoms with Gasteiger partial charge in [0.2, 0.25) is 0 Å². The van der Waals surface area contributed by atoms with Crippen LogP contribution in [0.1, 0.15) is 50.8 Å². The number of aromatic nitrogens is 5. The third kappa shape index (κ3) is 4.05. The molecule has 7 aromatic heterocycles.